The first kappa shape index (κ1) is 9.41. The molecule has 0 aromatic heterocycles. The van der Waals surface area contributed by atoms with Crippen LogP contribution in [0.5, 0.6) is 0 Å². The van der Waals surface area contributed by atoms with Crippen LogP contribution in [0, 0.1) is 11.8 Å². The van der Waals surface area contributed by atoms with Crippen molar-refractivity contribution in [3.63, 3.8) is 0 Å². The van der Waals surface area contributed by atoms with Gasteiger partial charge < -0.3 is 10.2 Å². The van der Waals surface area contributed by atoms with E-state index in [4.69, 9.17) is 0 Å². The van der Waals surface area contributed by atoms with E-state index in [2.05, 4.69) is 17.3 Å². The Hall–Kier alpha value is -0.150. The van der Waals surface area contributed by atoms with E-state index in [1.54, 1.807) is 0 Å². The zero-order valence-electron chi connectivity index (χ0n) is 8.30. The van der Waals surface area contributed by atoms with Gasteiger partial charge in [-0.25, -0.2) is 4.39 Å². The fraction of sp³-hybridized carbons (Fsp3) is 1.00. The first-order valence-corrected chi connectivity index (χ1v) is 5.30. The van der Waals surface area contributed by atoms with Crippen LogP contribution >= 0.6 is 0 Å². The Balaban J connectivity index is 1.91. The van der Waals surface area contributed by atoms with Gasteiger partial charge in [0.05, 0.1) is 0 Å². The van der Waals surface area contributed by atoms with Crippen molar-refractivity contribution in [3.8, 4) is 0 Å². The highest BCUT2D eigenvalue weighted by Crippen LogP contribution is 2.28. The number of hydrogen-bond donors (Lipinski definition) is 1. The molecule has 13 heavy (non-hydrogen) atoms. The predicted molar refractivity (Wildman–Crippen MR) is 51.5 cm³/mol. The number of hydrogen-bond acceptors (Lipinski definition) is 2. The van der Waals surface area contributed by atoms with Crippen molar-refractivity contribution in [2.75, 3.05) is 33.2 Å². The summed E-state index contributed by atoms with van der Waals surface area (Å²) in [5.41, 5.74) is 0. The topological polar surface area (TPSA) is 15.3 Å². The summed E-state index contributed by atoms with van der Waals surface area (Å²) in [6, 6.07) is 0. The summed E-state index contributed by atoms with van der Waals surface area (Å²) < 4.78 is 13.4. The summed E-state index contributed by atoms with van der Waals surface area (Å²) in [7, 11) is 2.14. The first-order chi connectivity index (χ1) is 6.27. The molecule has 2 nitrogen and oxygen atoms in total. The summed E-state index contributed by atoms with van der Waals surface area (Å²) >= 11 is 0. The molecule has 2 aliphatic heterocycles. The van der Waals surface area contributed by atoms with Crippen LogP contribution < -0.4 is 5.32 Å². The van der Waals surface area contributed by atoms with E-state index in [0.29, 0.717) is 12.5 Å². The van der Waals surface area contributed by atoms with Gasteiger partial charge >= 0.3 is 0 Å². The molecule has 3 heteroatoms. The van der Waals surface area contributed by atoms with Crippen molar-refractivity contribution in [2.45, 2.75) is 19.0 Å². The van der Waals surface area contributed by atoms with Crippen LogP contribution in [0.15, 0.2) is 0 Å². The van der Waals surface area contributed by atoms with E-state index < -0.39 is 6.17 Å². The number of alkyl halides is 1. The molecule has 2 aliphatic rings. The zero-order valence-corrected chi connectivity index (χ0v) is 8.30. The molecule has 0 saturated carbocycles. The van der Waals surface area contributed by atoms with E-state index in [1.807, 2.05) is 0 Å². The maximum Gasteiger partial charge on any atom is 0.117 e. The molecule has 2 rings (SSSR count). The van der Waals surface area contributed by atoms with E-state index >= 15 is 0 Å². The lowest BCUT2D eigenvalue weighted by Crippen LogP contribution is -2.38. The molecule has 76 valence electrons. The number of halogens is 1. The van der Waals surface area contributed by atoms with Crippen LogP contribution in [0.3, 0.4) is 0 Å². The average Bonchev–Trinajstić information content (AvgIpc) is 2.51. The van der Waals surface area contributed by atoms with Crippen LogP contribution in [0.2, 0.25) is 0 Å². The number of nitrogens with zero attached hydrogens (tertiary/aromatic N) is 1. The molecule has 0 aliphatic carbocycles. The standard InChI is InChI=1S/C10H19FN2/c1-13-4-2-3-8(7-13)9-5-12-6-10(9)11/h8-10,12H,2-7H2,1H3. The molecule has 0 radical (unpaired) electrons. The fourth-order valence-corrected chi connectivity index (χ4v) is 2.68. The number of likely N-dealkylation sites (tertiary alicyclic amines) is 1. The van der Waals surface area contributed by atoms with Crippen molar-refractivity contribution >= 4 is 0 Å². The van der Waals surface area contributed by atoms with Gasteiger partial charge in [0.1, 0.15) is 6.17 Å². The summed E-state index contributed by atoms with van der Waals surface area (Å²) in [5.74, 6) is 0.867. The Morgan fingerprint density at radius 3 is 2.85 bits per heavy atom. The van der Waals surface area contributed by atoms with Crippen LogP contribution in [0.1, 0.15) is 12.8 Å². The second-order valence-corrected chi connectivity index (χ2v) is 4.50. The lowest BCUT2D eigenvalue weighted by molar-refractivity contribution is 0.126. The van der Waals surface area contributed by atoms with Gasteiger partial charge in [0.15, 0.2) is 0 Å². The molecule has 0 bridgehead atoms. The Bertz CT molecular complexity index is 174. The summed E-state index contributed by atoms with van der Waals surface area (Å²) in [6.07, 6.45) is 1.86. The van der Waals surface area contributed by atoms with E-state index in [1.165, 1.54) is 19.4 Å². The lowest BCUT2D eigenvalue weighted by atomic mass is 9.84. The maximum absolute atomic E-state index is 13.4. The van der Waals surface area contributed by atoms with Crippen LogP contribution in [-0.2, 0) is 0 Å². The minimum absolute atomic E-state index is 0.280. The Morgan fingerprint density at radius 1 is 1.38 bits per heavy atom. The molecule has 0 aromatic carbocycles. The van der Waals surface area contributed by atoms with Gasteiger partial charge in [-0.1, -0.05) is 0 Å². The average molecular weight is 186 g/mol. The molecule has 0 aromatic rings. The van der Waals surface area contributed by atoms with Gasteiger partial charge in [-0.05, 0) is 32.4 Å². The quantitative estimate of drug-likeness (QED) is 0.654. The smallest absolute Gasteiger partial charge is 0.117 e. The maximum atomic E-state index is 13.4. The molecular formula is C10H19FN2. The monoisotopic (exact) mass is 186 g/mol. The van der Waals surface area contributed by atoms with E-state index in [9.17, 15) is 4.39 Å². The fourth-order valence-electron chi connectivity index (χ4n) is 2.68. The summed E-state index contributed by atoms with van der Waals surface area (Å²) in [6.45, 7) is 3.74. The Kier molecular flexibility index (Phi) is 2.84. The number of piperidine rings is 1. The molecule has 0 amide bonds. The van der Waals surface area contributed by atoms with Crippen LogP contribution in [0.4, 0.5) is 4.39 Å². The molecule has 3 unspecified atom stereocenters. The highest BCUT2D eigenvalue weighted by molar-refractivity contribution is 4.88. The molecule has 2 heterocycles. The molecular weight excluding hydrogens is 167 g/mol. The summed E-state index contributed by atoms with van der Waals surface area (Å²) in [4.78, 5) is 2.33. The second kappa shape index (κ2) is 3.93. The first-order valence-electron chi connectivity index (χ1n) is 5.30. The number of nitrogens with one attached hydrogen (secondary N) is 1. The molecule has 1 N–H and O–H groups in total. The third kappa shape index (κ3) is 2.02. The Labute approximate surface area is 79.5 Å². The molecule has 3 atom stereocenters. The Morgan fingerprint density at radius 2 is 2.23 bits per heavy atom. The SMILES string of the molecule is CN1CCCC(C2CNCC2F)C1. The molecule has 2 fully saturated rings. The predicted octanol–water partition coefficient (Wildman–Crippen LogP) is 0.886. The van der Waals surface area contributed by atoms with Crippen LogP contribution in [0.25, 0.3) is 0 Å². The van der Waals surface area contributed by atoms with Gasteiger partial charge in [0.2, 0.25) is 0 Å². The normalized spacial score (nSPS) is 42.5. The molecule has 0 spiro atoms. The van der Waals surface area contributed by atoms with Crippen molar-refractivity contribution < 1.29 is 4.39 Å². The van der Waals surface area contributed by atoms with E-state index in [-0.39, 0.29) is 5.92 Å². The van der Waals surface area contributed by atoms with Gasteiger partial charge in [0, 0.05) is 25.6 Å². The number of rotatable bonds is 1. The van der Waals surface area contributed by atoms with Gasteiger partial charge in [-0.2, -0.15) is 0 Å². The molecule has 2 saturated heterocycles. The highest BCUT2D eigenvalue weighted by Gasteiger charge is 2.35. The van der Waals surface area contributed by atoms with Gasteiger partial charge in [0.25, 0.3) is 0 Å². The highest BCUT2D eigenvalue weighted by atomic mass is 19.1. The largest absolute Gasteiger partial charge is 0.313 e. The van der Waals surface area contributed by atoms with Crippen molar-refractivity contribution in [1.82, 2.24) is 10.2 Å². The van der Waals surface area contributed by atoms with Crippen LogP contribution in [-0.4, -0.2) is 44.3 Å². The van der Waals surface area contributed by atoms with Crippen molar-refractivity contribution in [1.29, 1.82) is 0 Å². The summed E-state index contributed by atoms with van der Waals surface area (Å²) in [5, 5.41) is 3.14. The minimum atomic E-state index is -0.600. The second-order valence-electron chi connectivity index (χ2n) is 4.50. The third-order valence-electron chi connectivity index (χ3n) is 3.45. The van der Waals surface area contributed by atoms with Crippen molar-refractivity contribution in [3.05, 3.63) is 0 Å². The minimum Gasteiger partial charge on any atom is -0.313 e. The van der Waals surface area contributed by atoms with Gasteiger partial charge in [-0.3, -0.25) is 0 Å². The third-order valence-corrected chi connectivity index (χ3v) is 3.45. The lowest BCUT2D eigenvalue weighted by Gasteiger charge is -2.33. The zero-order chi connectivity index (χ0) is 9.26. The van der Waals surface area contributed by atoms with Gasteiger partial charge in [-0.15, -0.1) is 0 Å². The van der Waals surface area contributed by atoms with E-state index in [0.717, 1.165) is 13.1 Å². The van der Waals surface area contributed by atoms with Crippen molar-refractivity contribution in [2.24, 2.45) is 11.8 Å².